The Morgan fingerprint density at radius 2 is 1.25 bits per heavy atom. The van der Waals surface area contributed by atoms with E-state index in [4.69, 9.17) is 71.1 Å². The monoisotopic (exact) mass is 1130 g/mol. The molecule has 16 saturated heterocycles. The average molecular weight is 1130 g/mol. The van der Waals surface area contributed by atoms with E-state index < -0.39 is 103 Å². The van der Waals surface area contributed by atoms with Crippen LogP contribution in [0, 0.1) is 23.7 Å². The van der Waals surface area contributed by atoms with Crippen molar-refractivity contribution < 1.29 is 96.3 Å². The van der Waals surface area contributed by atoms with E-state index in [0.29, 0.717) is 70.6 Å². The van der Waals surface area contributed by atoms with E-state index in [9.17, 15) is 25.2 Å². The highest BCUT2D eigenvalue weighted by Crippen LogP contribution is 2.59. The lowest BCUT2D eigenvalue weighted by molar-refractivity contribution is -0.347. The lowest BCUT2D eigenvalue weighted by Crippen LogP contribution is -2.62. The van der Waals surface area contributed by atoms with Gasteiger partial charge in [-0.2, -0.15) is 0 Å². The van der Waals surface area contributed by atoms with Gasteiger partial charge in [0, 0.05) is 63.7 Å². The molecular weight excluding hydrogens is 1040 g/mol. The fourth-order valence-electron chi connectivity index (χ4n) is 18.2. The molecule has 4 N–H and O–H groups in total. The van der Waals surface area contributed by atoms with Crippen molar-refractivity contribution >= 4 is 5.97 Å². The molecule has 2 unspecified atom stereocenters. The largest absolute Gasteiger partial charge is 0.459 e. The van der Waals surface area contributed by atoms with Crippen LogP contribution in [0.2, 0.25) is 0 Å². The molecule has 16 rings (SSSR count). The summed E-state index contributed by atoms with van der Waals surface area (Å²) in [4.78, 5) is 14.6. The topological polar surface area (TPSA) is 236 Å². The Balaban J connectivity index is 0.658. The third-order valence-corrected chi connectivity index (χ3v) is 22.0. The minimum absolute atomic E-state index is 0.0152. The molecule has 12 bridgehead atoms. The van der Waals surface area contributed by atoms with Crippen molar-refractivity contribution in [2.75, 3.05) is 6.61 Å². The smallest absolute Gasteiger partial charge is 0.308 e. The van der Waals surface area contributed by atoms with Gasteiger partial charge in [-0.1, -0.05) is 40.9 Å². The number of rotatable bonds is 4. The average Bonchev–Trinajstić information content (AvgIpc) is 4.40. The van der Waals surface area contributed by atoms with E-state index in [0.717, 1.165) is 36.8 Å². The zero-order valence-corrected chi connectivity index (χ0v) is 46.8. The summed E-state index contributed by atoms with van der Waals surface area (Å²) in [6.07, 6.45) is -0.945. The molecule has 0 aromatic carbocycles. The van der Waals surface area contributed by atoms with Gasteiger partial charge in [0.1, 0.15) is 36.6 Å². The lowest BCUT2D eigenvalue weighted by atomic mass is 9.79. The first-order valence-electron chi connectivity index (χ1n) is 30.9. The minimum Gasteiger partial charge on any atom is -0.459 e. The van der Waals surface area contributed by atoms with Crippen LogP contribution in [0.25, 0.3) is 0 Å². The first-order valence-corrected chi connectivity index (χ1v) is 30.9. The first kappa shape index (κ1) is 54.9. The number of ether oxygens (including phenoxy) is 15. The van der Waals surface area contributed by atoms with Gasteiger partial charge in [-0.15, -0.1) is 0 Å². The summed E-state index contributed by atoms with van der Waals surface area (Å²) in [5.41, 5.74) is 2.08. The van der Waals surface area contributed by atoms with E-state index >= 15 is 0 Å². The number of carbonyl (C=O) groups excluding carboxylic acids is 1. The SMILES string of the molecule is C=C1C[C@@H]2CC[C@@]34C[C@]5(O)O[C@@H]6C(O[C@H]7CC[C@H](CC(=O)O[C@@H]8[C@@H](C)[C@@H]9O[C@@H]%10C[C@]%11(C[C@@H]%12O[C@]%13(C[C@H](C)[C@@H]%14O[C@H]([C@@H](O)C[C@@H](O)CO)C[C@@H]%14O%13)C[C@H](C)[C@@H]%12O%11)O[C@@H]%10C[C@@H]9O[C@H]8C[C@H]8O[C@@H](CC[C@@H]1O2)C[C@@H](C)C8=C)O[C@@H]7[C@@H]6O3)C5O4. The third-order valence-electron chi connectivity index (χ3n) is 22.0. The summed E-state index contributed by atoms with van der Waals surface area (Å²) in [5.74, 6) is -4.74. The van der Waals surface area contributed by atoms with Crippen LogP contribution in [-0.2, 0) is 75.8 Å². The molecule has 0 aromatic rings. The maximum atomic E-state index is 14.6. The van der Waals surface area contributed by atoms with E-state index in [1.165, 1.54) is 0 Å². The predicted molar refractivity (Wildman–Crippen MR) is 275 cm³/mol. The number of aliphatic hydroxyl groups is 4. The zero-order valence-electron chi connectivity index (χ0n) is 46.8. The lowest BCUT2D eigenvalue weighted by Gasteiger charge is -2.50. The Labute approximate surface area is 468 Å². The summed E-state index contributed by atoms with van der Waals surface area (Å²) in [6, 6.07) is 0. The number of aliphatic hydroxyl groups excluding tert-OH is 3. The molecule has 0 amide bonds. The van der Waals surface area contributed by atoms with Crippen LogP contribution in [0.4, 0.5) is 0 Å². The van der Waals surface area contributed by atoms with Crippen LogP contribution in [0.3, 0.4) is 0 Å². The molecule has 20 heteroatoms. The Kier molecular flexibility index (Phi) is 13.8. The Hall–Kier alpha value is -1.77. The minimum atomic E-state index is -1.55. The molecule has 20 nitrogen and oxygen atoms in total. The van der Waals surface area contributed by atoms with Crippen LogP contribution in [0.1, 0.15) is 143 Å². The van der Waals surface area contributed by atoms with E-state index in [1.807, 2.05) is 0 Å². The van der Waals surface area contributed by atoms with Gasteiger partial charge in [-0.25, -0.2) is 0 Å². The van der Waals surface area contributed by atoms with Crippen LogP contribution >= 0.6 is 0 Å². The molecule has 446 valence electrons. The second-order valence-electron chi connectivity index (χ2n) is 27.8. The van der Waals surface area contributed by atoms with Gasteiger partial charge < -0.3 is 91.5 Å². The van der Waals surface area contributed by atoms with Gasteiger partial charge in [0.15, 0.2) is 17.4 Å². The van der Waals surface area contributed by atoms with Gasteiger partial charge in [0.25, 0.3) is 0 Å². The molecule has 0 saturated carbocycles. The highest BCUT2D eigenvalue weighted by atomic mass is 16.8. The summed E-state index contributed by atoms with van der Waals surface area (Å²) in [5, 5.41) is 42.3. The molecule has 0 aliphatic carbocycles. The molecule has 16 aliphatic heterocycles. The van der Waals surface area contributed by atoms with Gasteiger partial charge in [0.2, 0.25) is 5.79 Å². The number of esters is 1. The fourth-order valence-corrected chi connectivity index (χ4v) is 18.2. The van der Waals surface area contributed by atoms with Crippen molar-refractivity contribution in [3.05, 3.63) is 24.3 Å². The molecule has 16 fully saturated rings. The summed E-state index contributed by atoms with van der Waals surface area (Å²) >= 11 is 0. The normalized spacial score (nSPS) is 57.6. The Bertz CT molecular complexity index is 2400. The third kappa shape index (κ3) is 9.31. The second-order valence-corrected chi connectivity index (χ2v) is 27.8. The summed E-state index contributed by atoms with van der Waals surface area (Å²) in [6.45, 7) is 17.3. The van der Waals surface area contributed by atoms with Crippen molar-refractivity contribution in [2.45, 2.75) is 313 Å². The van der Waals surface area contributed by atoms with E-state index in [2.05, 4.69) is 40.9 Å². The van der Waals surface area contributed by atoms with Crippen molar-refractivity contribution in [3.63, 3.8) is 0 Å². The summed E-state index contributed by atoms with van der Waals surface area (Å²) < 4.78 is 103. The van der Waals surface area contributed by atoms with Gasteiger partial charge in [-0.3, -0.25) is 4.79 Å². The Morgan fingerprint density at radius 1 is 0.550 bits per heavy atom. The second kappa shape index (κ2) is 20.2. The number of hydrogen-bond donors (Lipinski definition) is 4. The maximum Gasteiger partial charge on any atom is 0.308 e. The zero-order chi connectivity index (χ0) is 54.9. The molecule has 0 aromatic heterocycles. The predicted octanol–water partition coefficient (Wildman–Crippen LogP) is 4.25. The molecule has 16 aliphatic rings. The van der Waals surface area contributed by atoms with Crippen molar-refractivity contribution in [1.82, 2.24) is 0 Å². The number of fused-ring (bicyclic) bond motifs is 10. The van der Waals surface area contributed by atoms with Gasteiger partial charge in [-0.05, 0) is 73.8 Å². The Morgan fingerprint density at radius 3 is 2.09 bits per heavy atom. The van der Waals surface area contributed by atoms with Crippen molar-refractivity contribution in [1.29, 1.82) is 0 Å². The molecule has 3 spiro atoms. The van der Waals surface area contributed by atoms with E-state index in [1.54, 1.807) is 0 Å². The standard InChI is InChI=1S/C60H86O20/c1-26-13-33-7-9-37-27(2)14-35(66-37)11-12-57-25-60(65)56(80-57)55-54(79-60)53(78-57)52-38(70-55)10-8-34(68-52)16-47(64)73-51-31(6)50-43(69-42(51)17-39(67-33)30(26)5)19-41-45(72-50)22-59(74-41)23-46-49(77-59)29(4)21-58(76-46)20-28(3)48-44(75-58)18-40(71-48)36(63)15-32(62)24-61/h26,28-29,31-46,48-56,61-63,65H,2,5,7-25H2,1,3-4,6H3/t26-,28+,29+,31+,32-,33+,34-,35+,36+,37+,38+,39-,40+,41-,42+,43+,44+,45-,46+,48+,49+,50+,51-,52+,53+,54+,55?,56?,57-,58-,59+,60+/m1/s1. The number of hydrogen-bond acceptors (Lipinski definition) is 20. The van der Waals surface area contributed by atoms with Crippen LogP contribution in [0.5, 0.6) is 0 Å². The van der Waals surface area contributed by atoms with E-state index in [-0.39, 0.29) is 122 Å². The molecule has 16 heterocycles. The van der Waals surface area contributed by atoms with Crippen LogP contribution < -0.4 is 0 Å². The highest BCUT2D eigenvalue weighted by molar-refractivity contribution is 5.70. The van der Waals surface area contributed by atoms with Crippen molar-refractivity contribution in [2.24, 2.45) is 23.7 Å². The van der Waals surface area contributed by atoms with Crippen LogP contribution in [-0.4, -0.2) is 203 Å². The fraction of sp³-hybridized carbons (Fsp3) is 0.917. The van der Waals surface area contributed by atoms with Gasteiger partial charge in [0.05, 0.1) is 129 Å². The first-order chi connectivity index (χ1) is 38.3. The van der Waals surface area contributed by atoms with Gasteiger partial charge >= 0.3 is 5.97 Å². The highest BCUT2D eigenvalue weighted by Gasteiger charge is 2.75. The molecule has 32 atom stereocenters. The van der Waals surface area contributed by atoms with Crippen molar-refractivity contribution in [3.8, 4) is 0 Å². The molecule has 80 heavy (non-hydrogen) atoms. The summed E-state index contributed by atoms with van der Waals surface area (Å²) in [7, 11) is 0. The quantitative estimate of drug-likeness (QED) is 0.228. The number of carbonyl (C=O) groups is 1. The molecular formula is C60H86O20. The van der Waals surface area contributed by atoms with Crippen LogP contribution in [0.15, 0.2) is 24.3 Å². The molecule has 0 radical (unpaired) electrons. The maximum absolute atomic E-state index is 14.6.